The van der Waals surface area contributed by atoms with Crippen molar-refractivity contribution < 1.29 is 9.47 Å². The molecule has 0 radical (unpaired) electrons. The van der Waals surface area contributed by atoms with Crippen LogP contribution in [0.4, 0.5) is 5.82 Å². The third kappa shape index (κ3) is 4.22. The molecule has 1 unspecified atom stereocenters. The van der Waals surface area contributed by atoms with Gasteiger partial charge in [-0.1, -0.05) is 48.0 Å². The monoisotopic (exact) mass is 397 g/mol. The maximum absolute atomic E-state index is 6.38. The number of halogens is 1. The fraction of sp³-hybridized carbons (Fsp3) is 0.318. The summed E-state index contributed by atoms with van der Waals surface area (Å²) >= 11 is 6.38. The van der Waals surface area contributed by atoms with Gasteiger partial charge in [0.05, 0.1) is 26.4 Å². The van der Waals surface area contributed by atoms with Gasteiger partial charge in [-0.15, -0.1) is 0 Å². The normalized spacial score (nSPS) is 16.1. The fourth-order valence-electron chi connectivity index (χ4n) is 3.62. The van der Waals surface area contributed by atoms with E-state index in [-0.39, 0.29) is 6.04 Å². The van der Waals surface area contributed by atoms with Crippen LogP contribution >= 0.6 is 11.6 Å². The van der Waals surface area contributed by atoms with E-state index in [1.165, 1.54) is 5.56 Å². The van der Waals surface area contributed by atoms with Crippen LogP contribution in [0.1, 0.15) is 11.6 Å². The molecule has 6 heteroatoms. The predicted molar refractivity (Wildman–Crippen MR) is 113 cm³/mol. The van der Waals surface area contributed by atoms with Gasteiger partial charge in [0.2, 0.25) is 0 Å². The SMILES string of the molecule is COc1ccc(C(CNc2cc3ccccc3c(Cl)n2)N2CCOCC2)cc1. The van der Waals surface area contributed by atoms with Gasteiger partial charge in [0.1, 0.15) is 16.7 Å². The van der Waals surface area contributed by atoms with E-state index >= 15 is 0 Å². The van der Waals surface area contributed by atoms with Gasteiger partial charge in [0.25, 0.3) is 0 Å². The number of hydrogen-bond acceptors (Lipinski definition) is 5. The number of anilines is 1. The van der Waals surface area contributed by atoms with Crippen LogP contribution in [0.5, 0.6) is 5.75 Å². The number of methoxy groups -OCH3 is 1. The van der Waals surface area contributed by atoms with Crippen LogP contribution in [0, 0.1) is 0 Å². The van der Waals surface area contributed by atoms with Crippen LogP contribution in [0.15, 0.2) is 54.6 Å². The molecular formula is C22H24ClN3O2. The molecule has 0 saturated carbocycles. The second-order valence-corrected chi connectivity index (χ2v) is 7.20. The minimum Gasteiger partial charge on any atom is -0.497 e. The van der Waals surface area contributed by atoms with Crippen LogP contribution in [-0.4, -0.2) is 49.8 Å². The first-order chi connectivity index (χ1) is 13.7. The second-order valence-electron chi connectivity index (χ2n) is 6.84. The fourth-order valence-corrected chi connectivity index (χ4v) is 3.88. The average Bonchev–Trinajstić information content (AvgIpc) is 2.75. The van der Waals surface area contributed by atoms with Crippen molar-refractivity contribution in [3.8, 4) is 5.75 Å². The van der Waals surface area contributed by atoms with Gasteiger partial charge in [-0.05, 0) is 29.1 Å². The van der Waals surface area contributed by atoms with Gasteiger partial charge in [-0.3, -0.25) is 4.90 Å². The summed E-state index contributed by atoms with van der Waals surface area (Å²) in [7, 11) is 1.69. The van der Waals surface area contributed by atoms with Gasteiger partial charge in [-0.2, -0.15) is 0 Å². The van der Waals surface area contributed by atoms with Crippen molar-refractivity contribution in [3.05, 3.63) is 65.3 Å². The maximum Gasteiger partial charge on any atom is 0.139 e. The van der Waals surface area contributed by atoms with E-state index in [2.05, 4.69) is 33.4 Å². The summed E-state index contributed by atoms with van der Waals surface area (Å²) in [4.78, 5) is 6.98. The molecule has 0 spiro atoms. The van der Waals surface area contributed by atoms with Gasteiger partial charge in [-0.25, -0.2) is 4.98 Å². The first kappa shape index (κ1) is 19.0. The lowest BCUT2D eigenvalue weighted by molar-refractivity contribution is 0.0187. The number of ether oxygens (including phenoxy) is 2. The summed E-state index contributed by atoms with van der Waals surface area (Å²) in [5, 5.41) is 6.06. The first-order valence-electron chi connectivity index (χ1n) is 9.49. The average molecular weight is 398 g/mol. The Bertz CT molecular complexity index is 927. The van der Waals surface area contributed by atoms with E-state index in [1.807, 2.05) is 36.4 Å². The molecule has 1 fully saturated rings. The van der Waals surface area contributed by atoms with Crippen molar-refractivity contribution >= 4 is 28.2 Å². The molecule has 146 valence electrons. The molecule has 28 heavy (non-hydrogen) atoms. The minimum absolute atomic E-state index is 0.210. The van der Waals surface area contributed by atoms with Gasteiger partial charge in [0, 0.05) is 25.0 Å². The second kappa shape index (κ2) is 8.78. The largest absolute Gasteiger partial charge is 0.497 e. The van der Waals surface area contributed by atoms with Gasteiger partial charge in [0.15, 0.2) is 0 Å². The summed E-state index contributed by atoms with van der Waals surface area (Å²) in [5.74, 6) is 1.65. The number of pyridine rings is 1. The van der Waals surface area contributed by atoms with Crippen LogP contribution < -0.4 is 10.1 Å². The zero-order valence-electron chi connectivity index (χ0n) is 15.9. The number of rotatable bonds is 6. The van der Waals surface area contributed by atoms with Crippen molar-refractivity contribution in [2.75, 3.05) is 45.3 Å². The van der Waals surface area contributed by atoms with Gasteiger partial charge < -0.3 is 14.8 Å². The quantitative estimate of drug-likeness (QED) is 0.625. The highest BCUT2D eigenvalue weighted by molar-refractivity contribution is 6.34. The Morgan fingerprint density at radius 3 is 2.64 bits per heavy atom. The molecule has 1 aliphatic heterocycles. The van der Waals surface area contributed by atoms with E-state index in [1.54, 1.807) is 7.11 Å². The molecule has 5 nitrogen and oxygen atoms in total. The number of hydrogen-bond donors (Lipinski definition) is 1. The molecule has 0 aliphatic carbocycles. The Kier molecular flexibility index (Phi) is 5.95. The number of nitrogens with zero attached hydrogens (tertiary/aromatic N) is 2. The van der Waals surface area contributed by atoms with E-state index in [9.17, 15) is 0 Å². The molecule has 1 N–H and O–H groups in total. The smallest absolute Gasteiger partial charge is 0.139 e. The number of aromatic nitrogens is 1. The Balaban J connectivity index is 1.56. The number of nitrogens with one attached hydrogen (secondary N) is 1. The van der Waals surface area contributed by atoms with Crippen molar-refractivity contribution in [2.45, 2.75) is 6.04 Å². The molecule has 1 saturated heterocycles. The maximum atomic E-state index is 6.38. The summed E-state index contributed by atoms with van der Waals surface area (Å²) in [6, 6.07) is 18.6. The zero-order valence-corrected chi connectivity index (χ0v) is 16.7. The Morgan fingerprint density at radius 1 is 1.14 bits per heavy atom. The predicted octanol–water partition coefficient (Wildman–Crippen LogP) is 4.38. The highest BCUT2D eigenvalue weighted by Crippen LogP contribution is 2.27. The van der Waals surface area contributed by atoms with E-state index < -0.39 is 0 Å². The molecule has 4 rings (SSSR count). The molecular weight excluding hydrogens is 374 g/mol. The lowest BCUT2D eigenvalue weighted by Gasteiger charge is -2.35. The minimum atomic E-state index is 0.210. The molecule has 2 heterocycles. The number of morpholine rings is 1. The molecule has 1 atom stereocenters. The molecule has 0 bridgehead atoms. The van der Waals surface area contributed by atoms with E-state index in [0.717, 1.165) is 55.2 Å². The van der Waals surface area contributed by atoms with Crippen LogP contribution in [0.2, 0.25) is 5.15 Å². The first-order valence-corrected chi connectivity index (χ1v) is 9.87. The van der Waals surface area contributed by atoms with Crippen molar-refractivity contribution in [2.24, 2.45) is 0 Å². The Hall–Kier alpha value is -2.34. The molecule has 1 aromatic heterocycles. The summed E-state index contributed by atoms with van der Waals surface area (Å²) in [6.07, 6.45) is 0. The highest BCUT2D eigenvalue weighted by atomic mass is 35.5. The zero-order chi connectivity index (χ0) is 19.3. The topological polar surface area (TPSA) is 46.6 Å². The molecule has 2 aromatic carbocycles. The van der Waals surface area contributed by atoms with Gasteiger partial charge >= 0.3 is 0 Å². The summed E-state index contributed by atoms with van der Waals surface area (Å²) in [5.41, 5.74) is 1.24. The summed E-state index contributed by atoms with van der Waals surface area (Å²) < 4.78 is 10.8. The van der Waals surface area contributed by atoms with E-state index in [0.29, 0.717) is 5.15 Å². The molecule has 0 amide bonds. The van der Waals surface area contributed by atoms with Crippen LogP contribution in [0.3, 0.4) is 0 Å². The number of benzene rings is 2. The molecule has 3 aromatic rings. The standard InChI is InChI=1S/C22H24ClN3O2/c1-27-18-8-6-16(7-9-18)20(26-10-12-28-13-11-26)15-24-21-14-17-4-2-3-5-19(17)22(23)25-21/h2-9,14,20H,10-13,15H2,1H3,(H,24,25). The third-order valence-electron chi connectivity index (χ3n) is 5.16. The van der Waals surface area contributed by atoms with Crippen molar-refractivity contribution in [1.82, 2.24) is 9.88 Å². The highest BCUT2D eigenvalue weighted by Gasteiger charge is 2.23. The Labute approximate surface area is 170 Å². The third-order valence-corrected chi connectivity index (χ3v) is 5.45. The summed E-state index contributed by atoms with van der Waals surface area (Å²) in [6.45, 7) is 4.06. The van der Waals surface area contributed by atoms with Crippen molar-refractivity contribution in [1.29, 1.82) is 0 Å². The van der Waals surface area contributed by atoms with Crippen molar-refractivity contribution in [3.63, 3.8) is 0 Å². The number of fused-ring (bicyclic) bond motifs is 1. The van der Waals surface area contributed by atoms with E-state index in [4.69, 9.17) is 21.1 Å². The lowest BCUT2D eigenvalue weighted by atomic mass is 10.0. The van der Waals surface area contributed by atoms with Crippen LogP contribution in [0.25, 0.3) is 10.8 Å². The Morgan fingerprint density at radius 2 is 1.89 bits per heavy atom. The van der Waals surface area contributed by atoms with Crippen LogP contribution in [-0.2, 0) is 4.74 Å². The molecule has 1 aliphatic rings. The lowest BCUT2D eigenvalue weighted by Crippen LogP contribution is -2.41.